The monoisotopic (exact) mass is 381 g/mol. The van der Waals surface area contributed by atoms with Crippen molar-refractivity contribution < 1.29 is 14.3 Å². The zero-order valence-electron chi connectivity index (χ0n) is 16.5. The van der Waals surface area contributed by atoms with E-state index in [1.54, 1.807) is 24.5 Å². The van der Waals surface area contributed by atoms with Crippen LogP contribution in [-0.2, 0) is 4.79 Å². The van der Waals surface area contributed by atoms with Crippen LogP contribution >= 0.6 is 0 Å². The molecule has 1 aromatic carbocycles. The lowest BCUT2D eigenvalue weighted by molar-refractivity contribution is -0.134. The van der Waals surface area contributed by atoms with E-state index in [-0.39, 0.29) is 18.4 Å². The Balaban J connectivity index is 1.39. The first-order chi connectivity index (χ1) is 13.5. The maximum Gasteiger partial charge on any atom is 0.260 e. The van der Waals surface area contributed by atoms with Gasteiger partial charge in [0.2, 0.25) is 0 Å². The molecular weight excluding hydrogens is 354 g/mol. The highest BCUT2D eigenvalue weighted by Crippen LogP contribution is 2.20. The number of amides is 2. The van der Waals surface area contributed by atoms with Gasteiger partial charge in [0.05, 0.1) is 5.56 Å². The summed E-state index contributed by atoms with van der Waals surface area (Å²) in [7, 11) is 0. The molecule has 0 aliphatic carbocycles. The molecule has 2 aromatic rings. The zero-order chi connectivity index (χ0) is 19.9. The first kappa shape index (κ1) is 19.9. The Bertz CT molecular complexity index is 815. The molecule has 0 bridgehead atoms. The number of benzene rings is 1. The summed E-state index contributed by atoms with van der Waals surface area (Å²) in [6.45, 7) is 6.09. The smallest absolute Gasteiger partial charge is 0.260 e. The van der Waals surface area contributed by atoms with Gasteiger partial charge in [0.25, 0.3) is 11.8 Å². The molecule has 6 nitrogen and oxygen atoms in total. The summed E-state index contributed by atoms with van der Waals surface area (Å²) in [5.41, 5.74) is 2.78. The van der Waals surface area contributed by atoms with Crippen LogP contribution in [0.15, 0.2) is 42.7 Å². The number of carbonyl (C=O) groups is 2. The molecule has 1 aliphatic rings. The van der Waals surface area contributed by atoms with Crippen LogP contribution in [0.2, 0.25) is 0 Å². The molecule has 0 atom stereocenters. The molecule has 1 aromatic heterocycles. The van der Waals surface area contributed by atoms with Crippen molar-refractivity contribution in [2.75, 3.05) is 26.2 Å². The highest BCUT2D eigenvalue weighted by atomic mass is 16.5. The Labute approximate surface area is 165 Å². The second kappa shape index (κ2) is 9.35. The minimum absolute atomic E-state index is 0.0119. The lowest BCUT2D eigenvalue weighted by Crippen LogP contribution is -2.43. The predicted molar refractivity (Wildman–Crippen MR) is 107 cm³/mol. The molecule has 0 radical (unpaired) electrons. The Kier molecular flexibility index (Phi) is 6.63. The van der Waals surface area contributed by atoms with Crippen LogP contribution in [-0.4, -0.2) is 47.9 Å². The molecule has 6 heteroatoms. The van der Waals surface area contributed by atoms with E-state index >= 15 is 0 Å². The number of ether oxygens (including phenoxy) is 1. The second-order valence-electron chi connectivity index (χ2n) is 7.33. The van der Waals surface area contributed by atoms with E-state index in [1.807, 2.05) is 36.9 Å². The van der Waals surface area contributed by atoms with Crippen molar-refractivity contribution in [3.63, 3.8) is 0 Å². The topological polar surface area (TPSA) is 71.5 Å². The number of carbonyl (C=O) groups excluding carboxylic acids is 2. The van der Waals surface area contributed by atoms with E-state index in [1.165, 1.54) is 5.56 Å². The van der Waals surface area contributed by atoms with Gasteiger partial charge in [-0.15, -0.1) is 0 Å². The number of rotatable bonds is 6. The van der Waals surface area contributed by atoms with Crippen molar-refractivity contribution in [3.8, 4) is 5.75 Å². The first-order valence-corrected chi connectivity index (χ1v) is 9.69. The number of hydrogen-bond donors (Lipinski definition) is 1. The summed E-state index contributed by atoms with van der Waals surface area (Å²) < 4.78 is 5.71. The van der Waals surface area contributed by atoms with Crippen molar-refractivity contribution >= 4 is 11.8 Å². The van der Waals surface area contributed by atoms with Gasteiger partial charge in [-0.3, -0.25) is 14.6 Å². The van der Waals surface area contributed by atoms with Crippen molar-refractivity contribution in [1.82, 2.24) is 15.2 Å². The molecule has 1 saturated heterocycles. The first-order valence-electron chi connectivity index (χ1n) is 9.69. The molecule has 1 N–H and O–H groups in total. The Morgan fingerprint density at radius 2 is 2.00 bits per heavy atom. The third-order valence-electron chi connectivity index (χ3n) is 5.12. The number of nitrogens with one attached hydrogen (secondary N) is 1. The van der Waals surface area contributed by atoms with Gasteiger partial charge in [-0.25, -0.2) is 0 Å². The van der Waals surface area contributed by atoms with E-state index in [0.717, 1.165) is 24.2 Å². The molecule has 0 unspecified atom stereocenters. The number of piperidine rings is 1. The van der Waals surface area contributed by atoms with Crippen LogP contribution in [0.25, 0.3) is 0 Å². The summed E-state index contributed by atoms with van der Waals surface area (Å²) in [5.74, 6) is 1.04. The van der Waals surface area contributed by atoms with Crippen LogP contribution in [0.4, 0.5) is 0 Å². The quantitative estimate of drug-likeness (QED) is 0.835. The number of aromatic nitrogens is 1. The lowest BCUT2D eigenvalue weighted by Gasteiger charge is -2.32. The van der Waals surface area contributed by atoms with Crippen molar-refractivity contribution in [1.29, 1.82) is 0 Å². The van der Waals surface area contributed by atoms with E-state index in [0.29, 0.717) is 31.1 Å². The van der Waals surface area contributed by atoms with Crippen molar-refractivity contribution in [3.05, 3.63) is 59.4 Å². The van der Waals surface area contributed by atoms with E-state index in [9.17, 15) is 9.59 Å². The number of nitrogens with zero attached hydrogens (tertiary/aromatic N) is 2. The number of pyridine rings is 1. The fourth-order valence-corrected chi connectivity index (χ4v) is 3.41. The van der Waals surface area contributed by atoms with Crippen LogP contribution < -0.4 is 10.1 Å². The van der Waals surface area contributed by atoms with E-state index in [2.05, 4.69) is 10.3 Å². The standard InChI is InChI=1S/C22H27N3O3/c1-16-5-6-20(17(2)12-16)28-15-21(26)25-10-7-18(8-11-25)13-24-22(27)19-4-3-9-23-14-19/h3-6,9,12,14,18H,7-8,10-11,13,15H2,1-2H3,(H,24,27). The fraction of sp³-hybridized carbons (Fsp3) is 0.409. The third-order valence-corrected chi connectivity index (χ3v) is 5.12. The summed E-state index contributed by atoms with van der Waals surface area (Å²) in [6, 6.07) is 9.44. The number of likely N-dealkylation sites (tertiary alicyclic amines) is 1. The minimum atomic E-state index is -0.103. The van der Waals surface area contributed by atoms with Crippen LogP contribution in [0.1, 0.15) is 34.3 Å². The molecular formula is C22H27N3O3. The SMILES string of the molecule is Cc1ccc(OCC(=O)N2CCC(CNC(=O)c3cccnc3)CC2)c(C)c1. The third kappa shape index (κ3) is 5.31. The molecule has 0 saturated carbocycles. The Hall–Kier alpha value is -2.89. The summed E-state index contributed by atoms with van der Waals surface area (Å²) in [4.78, 5) is 30.3. The predicted octanol–water partition coefficient (Wildman–Crippen LogP) is 2.75. The van der Waals surface area contributed by atoms with Crippen LogP contribution in [0, 0.1) is 19.8 Å². The van der Waals surface area contributed by atoms with Gasteiger partial charge in [-0.05, 0) is 56.4 Å². The summed E-state index contributed by atoms with van der Waals surface area (Å²) >= 11 is 0. The molecule has 28 heavy (non-hydrogen) atoms. The van der Waals surface area contributed by atoms with E-state index < -0.39 is 0 Å². The molecule has 2 amide bonds. The van der Waals surface area contributed by atoms with E-state index in [4.69, 9.17) is 4.74 Å². The molecule has 0 spiro atoms. The van der Waals surface area contributed by atoms with Gasteiger partial charge >= 0.3 is 0 Å². The highest BCUT2D eigenvalue weighted by molar-refractivity contribution is 5.93. The minimum Gasteiger partial charge on any atom is -0.484 e. The van der Waals surface area contributed by atoms with Gasteiger partial charge in [0.15, 0.2) is 6.61 Å². The Morgan fingerprint density at radius 3 is 2.68 bits per heavy atom. The summed E-state index contributed by atoms with van der Waals surface area (Å²) in [6.07, 6.45) is 4.96. The lowest BCUT2D eigenvalue weighted by atomic mass is 9.96. The average Bonchev–Trinajstić information content (AvgIpc) is 2.72. The van der Waals surface area contributed by atoms with Gasteiger partial charge in [-0.2, -0.15) is 0 Å². The van der Waals surface area contributed by atoms with Crippen molar-refractivity contribution in [2.45, 2.75) is 26.7 Å². The van der Waals surface area contributed by atoms with Crippen molar-refractivity contribution in [2.24, 2.45) is 5.92 Å². The van der Waals surface area contributed by atoms with Crippen LogP contribution in [0.5, 0.6) is 5.75 Å². The average molecular weight is 381 g/mol. The molecule has 2 heterocycles. The Morgan fingerprint density at radius 1 is 1.21 bits per heavy atom. The number of aryl methyl sites for hydroxylation is 2. The van der Waals surface area contributed by atoms with Crippen LogP contribution in [0.3, 0.4) is 0 Å². The van der Waals surface area contributed by atoms with Gasteiger partial charge < -0.3 is 15.0 Å². The maximum absolute atomic E-state index is 12.4. The second-order valence-corrected chi connectivity index (χ2v) is 7.33. The molecule has 3 rings (SSSR count). The zero-order valence-corrected chi connectivity index (χ0v) is 16.5. The highest BCUT2D eigenvalue weighted by Gasteiger charge is 2.23. The molecule has 1 fully saturated rings. The maximum atomic E-state index is 12.4. The fourth-order valence-electron chi connectivity index (χ4n) is 3.41. The summed E-state index contributed by atoms with van der Waals surface area (Å²) in [5, 5.41) is 2.96. The molecule has 1 aliphatic heterocycles. The largest absolute Gasteiger partial charge is 0.484 e. The van der Waals surface area contributed by atoms with Gasteiger partial charge in [0, 0.05) is 32.0 Å². The van der Waals surface area contributed by atoms with Gasteiger partial charge in [-0.1, -0.05) is 17.7 Å². The molecule has 148 valence electrons. The normalized spacial score (nSPS) is 14.6. The van der Waals surface area contributed by atoms with Gasteiger partial charge in [0.1, 0.15) is 5.75 Å². The number of hydrogen-bond acceptors (Lipinski definition) is 4.